The van der Waals surface area contributed by atoms with E-state index in [9.17, 15) is 29.4 Å². The smallest absolute Gasteiger partial charge is 0.519 e. The fourth-order valence-corrected chi connectivity index (χ4v) is 0.894. The Morgan fingerprint density at radius 3 is 1.10 bits per heavy atom. The van der Waals surface area contributed by atoms with Crippen LogP contribution in [0.5, 0.6) is 0 Å². The molecule has 0 rings (SSSR count). The largest absolute Gasteiger partial charge is 2.00 e. The molecule has 0 unspecified atom stereocenters. The quantitative estimate of drug-likeness (QED) is 0.288. The van der Waals surface area contributed by atoms with Crippen LogP contribution >= 0.6 is 0 Å². The summed E-state index contributed by atoms with van der Waals surface area (Å²) in [6.07, 6.45) is -1.18. The zero-order valence-corrected chi connectivity index (χ0v) is 13.5. The molecule has 0 aromatic carbocycles. The Labute approximate surface area is 137 Å². The molecule has 112 valence electrons. The van der Waals surface area contributed by atoms with Gasteiger partial charge in [-0.15, -0.1) is 0 Å². The molecule has 0 N–H and O–H groups in total. The second-order valence-corrected chi connectivity index (χ2v) is 3.44. The minimum atomic E-state index is -1.66. The van der Waals surface area contributed by atoms with Gasteiger partial charge in [0.1, 0.15) is 0 Å². The van der Waals surface area contributed by atoms with Gasteiger partial charge >= 0.3 is 23.1 Å². The van der Waals surface area contributed by atoms with Crippen LogP contribution in [0, 0.1) is 0 Å². The van der Waals surface area contributed by atoms with E-state index in [0.717, 1.165) is 12.2 Å². The predicted octanol–water partition coefficient (Wildman–Crippen LogP) is -0.703. The topological polar surface area (TPSA) is 133 Å². The number of ether oxygens (including phenoxy) is 2. The fourth-order valence-electron chi connectivity index (χ4n) is 0.894. The first-order valence-electron chi connectivity index (χ1n) is 5.20. The van der Waals surface area contributed by atoms with Crippen LogP contribution in [0.4, 0.5) is 9.59 Å². The average Bonchev–Trinajstić information content (AvgIpc) is 2.11. The van der Waals surface area contributed by atoms with Crippen molar-refractivity contribution in [1.82, 2.24) is 0 Å². The van der Waals surface area contributed by atoms with Crippen LogP contribution in [0.2, 0.25) is 0 Å². The van der Waals surface area contributed by atoms with Crippen LogP contribution in [-0.2, 0) is 19.1 Å². The van der Waals surface area contributed by atoms with E-state index in [1.807, 2.05) is 0 Å². The summed E-state index contributed by atoms with van der Waals surface area (Å²) in [7, 11) is 0. The number of hydrogen-bond donors (Lipinski definition) is 0. The second kappa shape index (κ2) is 13.1. The van der Waals surface area contributed by atoms with Crippen LogP contribution in [0.15, 0.2) is 23.7 Å². The molecule has 0 spiro atoms. The molecule has 0 aromatic heterocycles. The maximum atomic E-state index is 10.3. The summed E-state index contributed by atoms with van der Waals surface area (Å²) in [6.45, 7) is 5.30. The molecule has 0 fully saturated rings. The molecule has 0 amide bonds. The molecule has 0 aromatic rings. The second-order valence-electron chi connectivity index (χ2n) is 3.44. The molecule has 0 saturated carbocycles. The van der Waals surface area contributed by atoms with Gasteiger partial charge in [0, 0.05) is 11.5 Å². The van der Waals surface area contributed by atoms with Crippen LogP contribution in [-0.4, -0.2) is 46.9 Å². The normalized spacial score (nSPS) is 10.3. The number of carbonyl (C=O) groups excluding carboxylic acids is 4. The molecule has 0 atom stereocenters. The Hall–Kier alpha value is -1.87. The Morgan fingerprint density at radius 2 is 0.952 bits per heavy atom. The van der Waals surface area contributed by atoms with E-state index in [-0.39, 0.29) is 46.1 Å². The van der Waals surface area contributed by atoms with Gasteiger partial charge in [0.05, 0.1) is 0 Å². The van der Waals surface area contributed by atoms with Gasteiger partial charge < -0.3 is 29.3 Å². The van der Waals surface area contributed by atoms with Gasteiger partial charge in [-0.1, -0.05) is 0 Å². The van der Waals surface area contributed by atoms with E-state index >= 15 is 0 Å². The summed E-state index contributed by atoms with van der Waals surface area (Å²) in [5.74, 6) is -0.488. The molecule has 9 heteroatoms. The Balaban J connectivity index is -0.000000295. The van der Waals surface area contributed by atoms with Crippen molar-refractivity contribution >= 4 is 46.9 Å². The number of carboxylic acid groups (broad SMARTS) is 2. The van der Waals surface area contributed by atoms with E-state index < -0.39 is 12.3 Å². The summed E-state index contributed by atoms with van der Waals surface area (Å²) in [5.41, 5.74) is 0. The molecule has 0 radical (unpaired) electrons. The molecule has 0 aliphatic rings. The van der Waals surface area contributed by atoms with Crippen LogP contribution in [0.3, 0.4) is 0 Å². The fraction of sp³-hybridized carbons (Fsp3) is 0.333. The van der Waals surface area contributed by atoms with Gasteiger partial charge in [-0.2, -0.15) is 0 Å². The van der Waals surface area contributed by atoms with Crippen molar-refractivity contribution in [3.8, 4) is 0 Å². The molecular formula is C12H14MgO8. The Bertz CT molecular complexity index is 408. The monoisotopic (exact) mass is 310 g/mol. The summed E-state index contributed by atoms with van der Waals surface area (Å²) in [5, 5.41) is 19.4. The first kappa shape index (κ1) is 24.2. The van der Waals surface area contributed by atoms with Gasteiger partial charge in [-0.25, -0.2) is 0 Å². The minimum absolute atomic E-state index is 0. The Kier molecular flexibility index (Phi) is 15.1. The van der Waals surface area contributed by atoms with E-state index in [4.69, 9.17) is 0 Å². The SMILES string of the molecule is CC(=O)/C=C(/C)OC(=O)[O-].CC(=O)/C=C(\C)OC(=O)[O-].[Mg+2]. The number of ketones is 2. The number of rotatable bonds is 4. The summed E-state index contributed by atoms with van der Waals surface area (Å²) in [6, 6.07) is 0. The van der Waals surface area contributed by atoms with Gasteiger partial charge in [0.15, 0.2) is 11.6 Å². The third-order valence-corrected chi connectivity index (χ3v) is 1.30. The maximum Gasteiger partial charge on any atom is 2.00 e. The summed E-state index contributed by atoms with van der Waals surface area (Å²) in [4.78, 5) is 39.9. The van der Waals surface area contributed by atoms with Crippen molar-refractivity contribution in [2.45, 2.75) is 27.7 Å². The number of carbonyl (C=O) groups is 4. The van der Waals surface area contributed by atoms with Crippen molar-refractivity contribution in [2.24, 2.45) is 0 Å². The van der Waals surface area contributed by atoms with Crippen LogP contribution in [0.1, 0.15) is 27.7 Å². The molecule has 21 heavy (non-hydrogen) atoms. The van der Waals surface area contributed by atoms with Crippen molar-refractivity contribution in [2.75, 3.05) is 0 Å². The van der Waals surface area contributed by atoms with E-state index in [1.165, 1.54) is 27.7 Å². The van der Waals surface area contributed by atoms with E-state index in [2.05, 4.69) is 9.47 Å². The Morgan fingerprint density at radius 1 is 0.714 bits per heavy atom. The summed E-state index contributed by atoms with van der Waals surface area (Å²) >= 11 is 0. The van der Waals surface area contributed by atoms with E-state index in [1.54, 1.807) is 0 Å². The van der Waals surface area contributed by atoms with Gasteiger partial charge in [0.2, 0.25) is 0 Å². The average molecular weight is 311 g/mol. The summed E-state index contributed by atoms with van der Waals surface area (Å²) < 4.78 is 8.01. The first-order valence-corrected chi connectivity index (χ1v) is 5.20. The molecule has 8 nitrogen and oxygen atoms in total. The van der Waals surface area contributed by atoms with Gasteiger partial charge in [-0.05, 0) is 39.8 Å². The van der Waals surface area contributed by atoms with Crippen molar-refractivity contribution in [3.05, 3.63) is 23.7 Å². The third-order valence-electron chi connectivity index (χ3n) is 1.30. The van der Waals surface area contributed by atoms with Crippen molar-refractivity contribution < 1.29 is 38.9 Å². The number of allylic oxidation sites excluding steroid dienone is 4. The molecular weight excluding hydrogens is 296 g/mol. The molecule has 0 aliphatic heterocycles. The predicted molar refractivity (Wildman–Crippen MR) is 67.6 cm³/mol. The number of hydrogen-bond acceptors (Lipinski definition) is 8. The van der Waals surface area contributed by atoms with E-state index in [0.29, 0.717) is 0 Å². The zero-order valence-electron chi connectivity index (χ0n) is 12.1. The van der Waals surface area contributed by atoms with Crippen molar-refractivity contribution in [1.29, 1.82) is 0 Å². The van der Waals surface area contributed by atoms with Crippen LogP contribution < -0.4 is 10.2 Å². The zero-order chi connectivity index (χ0) is 16.3. The van der Waals surface area contributed by atoms with Crippen molar-refractivity contribution in [3.63, 3.8) is 0 Å². The van der Waals surface area contributed by atoms with Gasteiger partial charge in [-0.3, -0.25) is 9.59 Å². The third kappa shape index (κ3) is 23.6. The molecule has 0 bridgehead atoms. The first-order chi connectivity index (χ1) is 9.04. The maximum absolute atomic E-state index is 10.3. The molecule has 0 aliphatic carbocycles. The molecule has 0 saturated heterocycles. The minimum Gasteiger partial charge on any atom is -0.519 e. The van der Waals surface area contributed by atoms with Crippen LogP contribution in [0.25, 0.3) is 0 Å². The standard InChI is InChI=1S/2C6H8O4.Mg/c2*1-4(7)3-5(2)10-6(8)9;/h2*3H,1-2H3,(H,8,9);/q;;+2/p-2/b5-3+;5-3-;. The van der Waals surface area contributed by atoms with Gasteiger partial charge in [0.25, 0.3) is 12.3 Å². The molecule has 0 heterocycles.